The molecule has 0 amide bonds. The summed E-state index contributed by atoms with van der Waals surface area (Å²) < 4.78 is 73.3. The van der Waals surface area contributed by atoms with E-state index in [-0.39, 0.29) is 29.2 Å². The van der Waals surface area contributed by atoms with Crippen LogP contribution in [0.15, 0.2) is 35.2 Å². The number of halogens is 3. The summed E-state index contributed by atoms with van der Waals surface area (Å²) >= 11 is 0. The van der Waals surface area contributed by atoms with Crippen LogP contribution in [0.25, 0.3) is 0 Å². The second-order valence-corrected chi connectivity index (χ2v) is 5.73. The van der Waals surface area contributed by atoms with Crippen molar-refractivity contribution in [1.82, 2.24) is 0 Å². The molecule has 0 aliphatic heterocycles. The van der Waals surface area contributed by atoms with Gasteiger partial charge in [-0.15, -0.1) is 0 Å². The Morgan fingerprint density at radius 2 is 1.65 bits per heavy atom. The fraction of sp³-hybridized carbons (Fsp3) is 0.0714. The zero-order valence-electron chi connectivity index (χ0n) is 11.5. The van der Waals surface area contributed by atoms with Crippen molar-refractivity contribution in [3.05, 3.63) is 53.3 Å². The predicted molar refractivity (Wildman–Crippen MR) is 71.8 cm³/mol. The van der Waals surface area contributed by atoms with Crippen LogP contribution in [-0.2, 0) is 10.1 Å². The molecular formula is C14H8F3NO4S. The first kappa shape index (κ1) is 16.6. The maximum Gasteiger partial charge on any atom is 0.342 e. The van der Waals surface area contributed by atoms with Gasteiger partial charge in [-0.2, -0.15) is 13.7 Å². The molecule has 0 spiro atoms. The highest BCUT2D eigenvalue weighted by atomic mass is 32.2. The average Bonchev–Trinajstić information content (AvgIpc) is 2.50. The average molecular weight is 343 g/mol. The van der Waals surface area contributed by atoms with Gasteiger partial charge >= 0.3 is 10.1 Å². The molecule has 9 heteroatoms. The van der Waals surface area contributed by atoms with Crippen molar-refractivity contribution in [3.63, 3.8) is 0 Å². The van der Waals surface area contributed by atoms with Crippen LogP contribution >= 0.6 is 0 Å². The Labute approximate surface area is 129 Å². The van der Waals surface area contributed by atoms with Gasteiger partial charge in [0.15, 0.2) is 23.1 Å². The zero-order chi connectivity index (χ0) is 17.2. The standard InChI is InChI=1S/C14H8F3NO4S/c1-21-13-4-8(7-18)2-3-12(13)22-23(19,20)14-6-10(16)9(15)5-11(14)17/h2-6H,1H3. The summed E-state index contributed by atoms with van der Waals surface area (Å²) in [7, 11) is -3.58. The van der Waals surface area contributed by atoms with Crippen molar-refractivity contribution in [2.45, 2.75) is 4.90 Å². The minimum absolute atomic E-state index is 0.0988. The van der Waals surface area contributed by atoms with Crippen molar-refractivity contribution in [1.29, 1.82) is 5.26 Å². The van der Waals surface area contributed by atoms with Crippen molar-refractivity contribution in [3.8, 4) is 17.6 Å². The van der Waals surface area contributed by atoms with Crippen LogP contribution < -0.4 is 8.92 Å². The molecule has 23 heavy (non-hydrogen) atoms. The molecule has 120 valence electrons. The molecule has 0 saturated carbocycles. The van der Waals surface area contributed by atoms with Crippen LogP contribution in [0.1, 0.15) is 5.56 Å². The molecule has 2 aromatic rings. The molecule has 0 heterocycles. The largest absolute Gasteiger partial charge is 0.493 e. The lowest BCUT2D eigenvalue weighted by molar-refractivity contribution is 0.389. The Morgan fingerprint density at radius 1 is 1.00 bits per heavy atom. The molecular weight excluding hydrogens is 335 g/mol. The molecule has 2 rings (SSSR count). The monoisotopic (exact) mass is 343 g/mol. The second-order valence-electron chi connectivity index (χ2n) is 4.21. The Hall–Kier alpha value is -2.73. The SMILES string of the molecule is COc1cc(C#N)ccc1OS(=O)(=O)c1cc(F)c(F)cc1F. The lowest BCUT2D eigenvalue weighted by Crippen LogP contribution is -2.13. The van der Waals surface area contributed by atoms with E-state index in [1.54, 1.807) is 0 Å². The first-order valence-corrected chi connectivity index (χ1v) is 7.36. The molecule has 2 aromatic carbocycles. The van der Waals surface area contributed by atoms with Crippen molar-refractivity contribution in [2.75, 3.05) is 7.11 Å². The van der Waals surface area contributed by atoms with Crippen LogP contribution in [0.2, 0.25) is 0 Å². The van der Waals surface area contributed by atoms with E-state index in [1.165, 1.54) is 19.2 Å². The van der Waals surface area contributed by atoms with Crippen molar-refractivity contribution >= 4 is 10.1 Å². The van der Waals surface area contributed by atoms with Crippen molar-refractivity contribution in [2.24, 2.45) is 0 Å². The van der Waals surface area contributed by atoms with Gasteiger partial charge < -0.3 is 8.92 Å². The second kappa shape index (κ2) is 6.18. The third-order valence-corrected chi connectivity index (χ3v) is 3.99. The molecule has 0 saturated heterocycles. The van der Waals surface area contributed by atoms with Crippen LogP contribution in [0.4, 0.5) is 13.2 Å². The maximum atomic E-state index is 13.6. The molecule has 0 aromatic heterocycles. The van der Waals surface area contributed by atoms with E-state index in [1.807, 2.05) is 6.07 Å². The highest BCUT2D eigenvalue weighted by Gasteiger charge is 2.25. The summed E-state index contributed by atoms with van der Waals surface area (Å²) in [6.07, 6.45) is 0. The minimum Gasteiger partial charge on any atom is -0.493 e. The summed E-state index contributed by atoms with van der Waals surface area (Å²) in [4.78, 5) is -1.16. The number of nitriles is 1. The quantitative estimate of drug-likeness (QED) is 0.630. The molecule has 0 bridgehead atoms. The van der Waals surface area contributed by atoms with Gasteiger partial charge in [0.2, 0.25) is 0 Å². The first-order valence-electron chi connectivity index (χ1n) is 5.95. The number of methoxy groups -OCH3 is 1. The number of hydrogen-bond donors (Lipinski definition) is 0. The lowest BCUT2D eigenvalue weighted by atomic mass is 10.2. The molecule has 5 nitrogen and oxygen atoms in total. The Kier molecular flexibility index (Phi) is 4.47. The van der Waals surface area contributed by atoms with E-state index in [2.05, 4.69) is 0 Å². The molecule has 0 atom stereocenters. The van der Waals surface area contributed by atoms with Crippen LogP contribution in [0, 0.1) is 28.8 Å². The van der Waals surface area contributed by atoms with E-state index in [0.29, 0.717) is 0 Å². The molecule has 0 aliphatic carbocycles. The Bertz CT molecular complexity index is 907. The summed E-state index contributed by atoms with van der Waals surface area (Å²) in [5, 5.41) is 8.76. The normalized spacial score (nSPS) is 10.9. The Morgan fingerprint density at radius 3 is 2.26 bits per heavy atom. The van der Waals surface area contributed by atoms with E-state index in [0.717, 1.165) is 6.07 Å². The van der Waals surface area contributed by atoms with Gasteiger partial charge in [0.25, 0.3) is 0 Å². The smallest absolute Gasteiger partial charge is 0.342 e. The summed E-state index contributed by atoms with van der Waals surface area (Å²) in [6.45, 7) is 0. The van der Waals surface area contributed by atoms with Gasteiger partial charge in [-0.25, -0.2) is 13.2 Å². The maximum absolute atomic E-state index is 13.6. The van der Waals surface area contributed by atoms with Crippen LogP contribution in [0.5, 0.6) is 11.5 Å². The van der Waals surface area contributed by atoms with E-state index in [4.69, 9.17) is 14.2 Å². The molecule has 0 aliphatic rings. The van der Waals surface area contributed by atoms with Gasteiger partial charge in [-0.3, -0.25) is 0 Å². The predicted octanol–water partition coefficient (Wildman–Crippen LogP) is 2.75. The third-order valence-electron chi connectivity index (χ3n) is 2.74. The number of nitrogens with zero attached hydrogens (tertiary/aromatic N) is 1. The summed E-state index contributed by atoms with van der Waals surface area (Å²) in [6, 6.07) is 5.65. The van der Waals surface area contributed by atoms with E-state index in [9.17, 15) is 21.6 Å². The number of ether oxygens (including phenoxy) is 1. The van der Waals surface area contributed by atoms with Gasteiger partial charge in [0.05, 0.1) is 18.7 Å². The topological polar surface area (TPSA) is 76.4 Å². The number of hydrogen-bond acceptors (Lipinski definition) is 5. The molecule has 0 unspecified atom stereocenters. The molecule has 0 N–H and O–H groups in total. The summed E-state index contributed by atoms with van der Waals surface area (Å²) in [5.74, 6) is -5.01. The van der Waals surface area contributed by atoms with Crippen molar-refractivity contribution < 1.29 is 30.5 Å². The lowest BCUT2D eigenvalue weighted by Gasteiger charge is -2.11. The van der Waals surface area contributed by atoms with Crippen LogP contribution in [-0.4, -0.2) is 15.5 Å². The first-order chi connectivity index (χ1) is 10.8. The zero-order valence-corrected chi connectivity index (χ0v) is 12.3. The van der Waals surface area contributed by atoms with Gasteiger partial charge in [0.1, 0.15) is 10.7 Å². The highest BCUT2D eigenvalue weighted by molar-refractivity contribution is 7.87. The van der Waals surface area contributed by atoms with Gasteiger partial charge in [-0.05, 0) is 12.1 Å². The minimum atomic E-state index is -4.78. The fourth-order valence-corrected chi connectivity index (χ4v) is 2.67. The highest BCUT2D eigenvalue weighted by Crippen LogP contribution is 2.31. The molecule has 0 fully saturated rings. The van der Waals surface area contributed by atoms with Gasteiger partial charge in [-0.1, -0.05) is 0 Å². The van der Waals surface area contributed by atoms with Gasteiger partial charge in [0, 0.05) is 18.2 Å². The molecule has 0 radical (unpaired) electrons. The summed E-state index contributed by atoms with van der Waals surface area (Å²) in [5.41, 5.74) is 0.172. The van der Waals surface area contributed by atoms with E-state index < -0.39 is 32.5 Å². The third kappa shape index (κ3) is 3.37. The number of rotatable bonds is 4. The van der Waals surface area contributed by atoms with Crippen LogP contribution in [0.3, 0.4) is 0 Å². The Balaban J connectivity index is 2.47. The fourth-order valence-electron chi connectivity index (χ4n) is 1.66. The van der Waals surface area contributed by atoms with E-state index >= 15 is 0 Å². The number of benzene rings is 2.